The van der Waals surface area contributed by atoms with Gasteiger partial charge in [-0.05, 0) is 42.0 Å². The number of carboxylic acid groups (broad SMARTS) is 1. The Morgan fingerprint density at radius 1 is 0.960 bits per heavy atom. The summed E-state index contributed by atoms with van der Waals surface area (Å²) in [6, 6.07) is 11.9. The van der Waals surface area contributed by atoms with Gasteiger partial charge in [-0.1, -0.05) is 12.1 Å². The van der Waals surface area contributed by atoms with Crippen molar-refractivity contribution < 1.29 is 23.1 Å². The third-order valence-corrected chi connectivity index (χ3v) is 3.71. The smallest absolute Gasteiger partial charge is 0.335 e. The van der Waals surface area contributed by atoms with Crippen LogP contribution in [-0.2, 0) is 16.6 Å². The van der Waals surface area contributed by atoms with Crippen LogP contribution in [0.1, 0.15) is 15.9 Å². The normalized spacial score (nSPS) is 10.8. The van der Waals surface area contributed by atoms with Gasteiger partial charge in [0.05, 0.1) is 11.8 Å². The summed E-state index contributed by atoms with van der Waals surface area (Å²) in [7, 11) is -3.35. The van der Waals surface area contributed by atoms with Crippen LogP contribution in [0, 0.1) is 0 Å². The molecule has 2 aromatic rings. The van der Waals surface area contributed by atoms with Crippen LogP contribution in [0.4, 0.5) is 16.2 Å². The predicted molar refractivity (Wildman–Crippen MR) is 94.2 cm³/mol. The van der Waals surface area contributed by atoms with E-state index in [2.05, 4.69) is 15.4 Å². The van der Waals surface area contributed by atoms with Crippen LogP contribution in [0.25, 0.3) is 0 Å². The number of amides is 2. The Morgan fingerprint density at radius 3 is 2.04 bits per heavy atom. The molecule has 2 aromatic carbocycles. The van der Waals surface area contributed by atoms with Crippen molar-refractivity contribution in [3.05, 3.63) is 59.7 Å². The van der Waals surface area contributed by atoms with Crippen molar-refractivity contribution in [3.63, 3.8) is 0 Å². The number of hydrogen-bond donors (Lipinski definition) is 4. The van der Waals surface area contributed by atoms with Crippen LogP contribution >= 0.6 is 0 Å². The van der Waals surface area contributed by atoms with Crippen LogP contribution in [0.3, 0.4) is 0 Å². The first-order valence-electron chi connectivity index (χ1n) is 7.18. The monoisotopic (exact) mass is 363 g/mol. The molecule has 0 spiro atoms. The van der Waals surface area contributed by atoms with Crippen molar-refractivity contribution >= 4 is 33.4 Å². The fourth-order valence-corrected chi connectivity index (χ4v) is 2.52. The third-order valence-electron chi connectivity index (χ3n) is 3.10. The fraction of sp³-hybridized carbons (Fsp3) is 0.125. The van der Waals surface area contributed by atoms with Gasteiger partial charge in [-0.15, -0.1) is 0 Å². The zero-order valence-electron chi connectivity index (χ0n) is 13.3. The van der Waals surface area contributed by atoms with Gasteiger partial charge < -0.3 is 15.7 Å². The van der Waals surface area contributed by atoms with Crippen LogP contribution in [0.15, 0.2) is 48.5 Å². The van der Waals surface area contributed by atoms with Gasteiger partial charge in [0.2, 0.25) is 10.0 Å². The van der Waals surface area contributed by atoms with E-state index in [1.165, 1.54) is 24.3 Å². The summed E-state index contributed by atoms with van der Waals surface area (Å²) in [5.74, 6) is -1.01. The average molecular weight is 363 g/mol. The van der Waals surface area contributed by atoms with Crippen molar-refractivity contribution in [2.45, 2.75) is 6.54 Å². The lowest BCUT2D eigenvalue weighted by molar-refractivity contribution is 0.0697. The Labute approximate surface area is 144 Å². The second kappa shape index (κ2) is 7.67. The highest BCUT2D eigenvalue weighted by atomic mass is 32.2. The lowest BCUT2D eigenvalue weighted by atomic mass is 10.1. The van der Waals surface area contributed by atoms with E-state index in [4.69, 9.17) is 5.11 Å². The Morgan fingerprint density at radius 2 is 1.52 bits per heavy atom. The number of benzene rings is 2. The maximum atomic E-state index is 11.8. The number of nitrogens with one attached hydrogen (secondary N) is 3. The summed E-state index contributed by atoms with van der Waals surface area (Å²) >= 11 is 0. The van der Waals surface area contributed by atoms with Crippen LogP contribution in [0.2, 0.25) is 0 Å². The van der Waals surface area contributed by atoms with Crippen LogP contribution < -0.4 is 15.4 Å². The molecular formula is C16H17N3O5S. The van der Waals surface area contributed by atoms with Crippen LogP contribution in [-0.4, -0.2) is 31.8 Å². The van der Waals surface area contributed by atoms with E-state index < -0.39 is 22.0 Å². The SMILES string of the molecule is CS(=O)(=O)Nc1ccc(NC(=O)NCc2ccc(C(=O)O)cc2)cc1. The van der Waals surface area contributed by atoms with E-state index >= 15 is 0 Å². The average Bonchev–Trinajstić information content (AvgIpc) is 2.54. The molecular weight excluding hydrogens is 346 g/mol. The van der Waals surface area contributed by atoms with Gasteiger partial charge in [0.15, 0.2) is 0 Å². The van der Waals surface area contributed by atoms with Gasteiger partial charge in [-0.25, -0.2) is 18.0 Å². The number of hydrogen-bond acceptors (Lipinski definition) is 4. The number of urea groups is 1. The Bertz CT molecular complexity index is 862. The van der Waals surface area contributed by atoms with Crippen molar-refractivity contribution in [1.29, 1.82) is 0 Å². The van der Waals surface area contributed by atoms with Gasteiger partial charge in [-0.3, -0.25) is 4.72 Å². The quantitative estimate of drug-likeness (QED) is 0.625. The molecule has 0 aromatic heterocycles. The molecule has 0 heterocycles. The van der Waals surface area contributed by atoms with Gasteiger partial charge in [0.1, 0.15) is 0 Å². The van der Waals surface area contributed by atoms with Gasteiger partial charge >= 0.3 is 12.0 Å². The van der Waals surface area contributed by atoms with Gasteiger partial charge in [0, 0.05) is 17.9 Å². The molecule has 2 amide bonds. The highest BCUT2D eigenvalue weighted by Gasteiger charge is 2.05. The minimum atomic E-state index is -3.35. The molecule has 0 aliphatic carbocycles. The molecule has 0 atom stereocenters. The van der Waals surface area contributed by atoms with E-state index in [1.54, 1.807) is 24.3 Å². The summed E-state index contributed by atoms with van der Waals surface area (Å²) in [6.07, 6.45) is 1.05. The predicted octanol–water partition coefficient (Wildman–Crippen LogP) is 2.08. The topological polar surface area (TPSA) is 125 Å². The second-order valence-electron chi connectivity index (χ2n) is 5.26. The number of rotatable bonds is 6. The largest absolute Gasteiger partial charge is 0.478 e. The van der Waals surface area contributed by atoms with Crippen molar-refractivity contribution in [1.82, 2.24) is 5.32 Å². The minimum absolute atomic E-state index is 0.177. The molecule has 0 radical (unpaired) electrons. The Balaban J connectivity index is 1.86. The highest BCUT2D eigenvalue weighted by molar-refractivity contribution is 7.92. The summed E-state index contributed by atoms with van der Waals surface area (Å²) in [5.41, 5.74) is 1.83. The highest BCUT2D eigenvalue weighted by Crippen LogP contribution is 2.14. The molecule has 0 saturated heterocycles. The first kappa shape index (κ1) is 18.3. The molecule has 4 N–H and O–H groups in total. The summed E-state index contributed by atoms with van der Waals surface area (Å²) in [4.78, 5) is 22.6. The second-order valence-corrected chi connectivity index (χ2v) is 7.01. The van der Waals surface area contributed by atoms with E-state index in [0.717, 1.165) is 11.8 Å². The first-order chi connectivity index (χ1) is 11.7. The van der Waals surface area contributed by atoms with Crippen molar-refractivity contribution in [2.75, 3.05) is 16.3 Å². The number of carbonyl (C=O) groups is 2. The molecule has 2 rings (SSSR count). The fourth-order valence-electron chi connectivity index (χ4n) is 1.96. The maximum absolute atomic E-state index is 11.8. The molecule has 0 aliphatic heterocycles. The van der Waals surface area contributed by atoms with Crippen LogP contribution in [0.5, 0.6) is 0 Å². The van der Waals surface area contributed by atoms with Gasteiger partial charge in [-0.2, -0.15) is 0 Å². The number of anilines is 2. The van der Waals surface area contributed by atoms with Crippen molar-refractivity contribution in [3.8, 4) is 0 Å². The number of carboxylic acids is 1. The lowest BCUT2D eigenvalue weighted by Crippen LogP contribution is -2.28. The Kier molecular flexibility index (Phi) is 5.60. The molecule has 0 bridgehead atoms. The molecule has 0 aliphatic rings. The number of carbonyl (C=O) groups excluding carboxylic acids is 1. The van der Waals surface area contributed by atoms with Crippen molar-refractivity contribution in [2.24, 2.45) is 0 Å². The maximum Gasteiger partial charge on any atom is 0.335 e. The van der Waals surface area contributed by atoms with Gasteiger partial charge in [0.25, 0.3) is 0 Å². The molecule has 25 heavy (non-hydrogen) atoms. The molecule has 0 saturated carbocycles. The Hall–Kier alpha value is -3.07. The zero-order valence-corrected chi connectivity index (χ0v) is 14.1. The first-order valence-corrected chi connectivity index (χ1v) is 9.07. The molecule has 0 unspecified atom stereocenters. The number of aromatic carboxylic acids is 1. The van der Waals surface area contributed by atoms with E-state index in [0.29, 0.717) is 11.4 Å². The number of sulfonamides is 1. The lowest BCUT2D eigenvalue weighted by Gasteiger charge is -2.09. The summed E-state index contributed by atoms with van der Waals surface area (Å²) < 4.78 is 24.6. The van der Waals surface area contributed by atoms with E-state index in [9.17, 15) is 18.0 Å². The van der Waals surface area contributed by atoms with E-state index in [-0.39, 0.29) is 12.1 Å². The van der Waals surface area contributed by atoms with E-state index in [1.807, 2.05) is 0 Å². The molecule has 9 heteroatoms. The molecule has 132 valence electrons. The molecule has 8 nitrogen and oxygen atoms in total. The summed E-state index contributed by atoms with van der Waals surface area (Å²) in [6.45, 7) is 0.236. The summed E-state index contributed by atoms with van der Waals surface area (Å²) in [5, 5.41) is 14.1. The minimum Gasteiger partial charge on any atom is -0.478 e. The zero-order chi connectivity index (χ0) is 18.4. The third kappa shape index (κ3) is 6.15. The molecule has 0 fully saturated rings. The standard InChI is InChI=1S/C16H17N3O5S/c1-25(23,24)19-14-8-6-13(7-9-14)18-16(22)17-10-11-2-4-12(5-3-11)15(20)21/h2-9,19H,10H2,1H3,(H,20,21)(H2,17,18,22).